The maximum atomic E-state index is 12.7. The fourth-order valence-corrected chi connectivity index (χ4v) is 6.54. The first-order valence-electron chi connectivity index (χ1n) is 15.0. The van der Waals surface area contributed by atoms with E-state index in [-0.39, 0.29) is 6.03 Å². The van der Waals surface area contributed by atoms with Gasteiger partial charge in [0.25, 0.3) is 0 Å². The van der Waals surface area contributed by atoms with Gasteiger partial charge in [-0.25, -0.2) is 4.79 Å². The first-order chi connectivity index (χ1) is 19.1. The van der Waals surface area contributed by atoms with Crippen molar-refractivity contribution in [2.24, 2.45) is 5.92 Å². The average Bonchev–Trinajstić information content (AvgIpc) is 3.33. The predicted octanol–water partition coefficient (Wildman–Crippen LogP) is 7.24. The van der Waals surface area contributed by atoms with Gasteiger partial charge in [-0.05, 0) is 105 Å². The molecule has 3 atom stereocenters. The normalized spacial score (nSPS) is 25.5. The van der Waals surface area contributed by atoms with Gasteiger partial charge in [-0.3, -0.25) is 0 Å². The fourth-order valence-electron chi connectivity index (χ4n) is 6.42. The largest absolute Gasteiger partial charge is 0.490 e. The van der Waals surface area contributed by atoms with Gasteiger partial charge < -0.3 is 25.0 Å². The number of nitrogens with zero attached hydrogens (tertiary/aromatic N) is 1. The molecule has 2 aromatic rings. The second-order valence-electron chi connectivity index (χ2n) is 11.6. The van der Waals surface area contributed by atoms with E-state index in [1.807, 2.05) is 41.3 Å². The Morgan fingerprint density at radius 2 is 1.59 bits per heavy atom. The number of hydrogen-bond donors (Lipinski definition) is 2. The number of carbonyl (C=O) groups excluding carboxylic acids is 1. The van der Waals surface area contributed by atoms with Crippen molar-refractivity contribution in [3.05, 3.63) is 59.1 Å². The molecule has 212 valence electrons. The van der Waals surface area contributed by atoms with Crippen molar-refractivity contribution in [3.63, 3.8) is 0 Å². The van der Waals surface area contributed by atoms with Crippen LogP contribution < -0.4 is 15.4 Å². The van der Waals surface area contributed by atoms with Crippen molar-refractivity contribution in [2.45, 2.75) is 88.8 Å². The van der Waals surface area contributed by atoms with Crippen molar-refractivity contribution in [1.82, 2.24) is 10.2 Å². The van der Waals surface area contributed by atoms with Crippen molar-refractivity contribution in [2.75, 3.05) is 31.6 Å². The summed E-state index contributed by atoms with van der Waals surface area (Å²) in [6.45, 7) is 5.78. The minimum absolute atomic E-state index is 0.0295. The zero-order chi connectivity index (χ0) is 27.0. The molecule has 6 rings (SSSR count). The van der Waals surface area contributed by atoms with Gasteiger partial charge in [0.1, 0.15) is 11.9 Å². The second kappa shape index (κ2) is 13.9. The van der Waals surface area contributed by atoms with E-state index in [1.54, 1.807) is 0 Å². The fraction of sp³-hybridized carbons (Fsp3) is 0.594. The Labute approximate surface area is 238 Å². The van der Waals surface area contributed by atoms with Crippen molar-refractivity contribution in [1.29, 1.82) is 0 Å². The first-order valence-corrected chi connectivity index (χ1v) is 15.4. The molecule has 4 saturated heterocycles. The third kappa shape index (κ3) is 8.12. The molecule has 2 N–H and O–H groups in total. The number of likely N-dealkylation sites (tertiary alicyclic amines) is 1. The molecule has 0 aliphatic carbocycles. The van der Waals surface area contributed by atoms with Crippen molar-refractivity contribution >= 4 is 23.3 Å². The lowest BCUT2D eigenvalue weighted by molar-refractivity contribution is 0.0654. The van der Waals surface area contributed by atoms with Gasteiger partial charge in [-0.1, -0.05) is 37.1 Å². The van der Waals surface area contributed by atoms with Crippen LogP contribution in [0.25, 0.3) is 0 Å². The molecule has 2 aromatic carbocycles. The Bertz CT molecular complexity index is 1020. The van der Waals surface area contributed by atoms with Gasteiger partial charge in [0.05, 0.1) is 0 Å². The molecule has 39 heavy (non-hydrogen) atoms. The molecule has 6 nitrogen and oxygen atoms in total. The van der Waals surface area contributed by atoms with E-state index in [2.05, 4.69) is 29.7 Å². The number of piperidine rings is 2. The molecule has 4 aliphatic rings. The highest BCUT2D eigenvalue weighted by atomic mass is 35.5. The van der Waals surface area contributed by atoms with E-state index in [4.69, 9.17) is 21.1 Å². The minimum atomic E-state index is -0.0295. The lowest BCUT2D eigenvalue weighted by atomic mass is 9.89. The second-order valence-corrected chi connectivity index (χ2v) is 12.0. The van der Waals surface area contributed by atoms with Crippen LogP contribution in [0.1, 0.15) is 76.2 Å². The number of anilines is 1. The maximum Gasteiger partial charge on any atom is 0.321 e. The molecule has 2 amide bonds. The van der Waals surface area contributed by atoms with Crippen LogP contribution in [0.2, 0.25) is 5.02 Å². The molecule has 2 bridgehead atoms. The molecular formula is C32H44ClN3O3. The van der Waals surface area contributed by atoms with Crippen LogP contribution in [0.3, 0.4) is 0 Å². The van der Waals surface area contributed by atoms with Gasteiger partial charge in [-0.2, -0.15) is 0 Å². The predicted molar refractivity (Wildman–Crippen MR) is 158 cm³/mol. The van der Waals surface area contributed by atoms with Crippen LogP contribution in [-0.4, -0.2) is 55.4 Å². The van der Waals surface area contributed by atoms with Gasteiger partial charge in [0.15, 0.2) is 0 Å². The van der Waals surface area contributed by atoms with Crippen LogP contribution in [0, 0.1) is 5.92 Å². The van der Waals surface area contributed by atoms with Crippen molar-refractivity contribution in [3.8, 4) is 5.75 Å². The molecule has 4 aliphatic heterocycles. The molecule has 0 aromatic heterocycles. The highest BCUT2D eigenvalue weighted by molar-refractivity contribution is 6.30. The lowest BCUT2D eigenvalue weighted by Crippen LogP contribution is -2.42. The van der Waals surface area contributed by atoms with Crippen LogP contribution in [-0.2, 0) is 4.74 Å². The van der Waals surface area contributed by atoms with Gasteiger partial charge in [0, 0.05) is 49.1 Å². The Kier molecular flexibility index (Phi) is 10.0. The molecule has 4 fully saturated rings. The Balaban J connectivity index is 0.000000332. The maximum absolute atomic E-state index is 12.7. The number of urea groups is 1. The topological polar surface area (TPSA) is 62.8 Å². The zero-order valence-electron chi connectivity index (χ0n) is 23.2. The van der Waals surface area contributed by atoms with E-state index < -0.39 is 0 Å². The third-order valence-corrected chi connectivity index (χ3v) is 9.13. The molecule has 1 unspecified atom stereocenters. The SMILES string of the molecule is CCC1CCOCC1.O=C(Nc1ccc(OC2C[C@H]3CC[C@@H](C2)N3)cc1)N1CCC(c2ccc(Cl)cc2)CC1. The van der Waals surface area contributed by atoms with E-state index in [1.165, 1.54) is 37.7 Å². The number of halogens is 1. The van der Waals surface area contributed by atoms with E-state index in [0.29, 0.717) is 24.1 Å². The van der Waals surface area contributed by atoms with Crippen LogP contribution >= 0.6 is 11.6 Å². The number of hydrogen-bond acceptors (Lipinski definition) is 4. The Morgan fingerprint density at radius 1 is 0.949 bits per heavy atom. The molecule has 7 heteroatoms. The molecule has 4 heterocycles. The summed E-state index contributed by atoms with van der Waals surface area (Å²) in [5.41, 5.74) is 2.12. The quantitative estimate of drug-likeness (QED) is 0.410. The lowest BCUT2D eigenvalue weighted by Gasteiger charge is -2.32. The summed E-state index contributed by atoms with van der Waals surface area (Å²) in [6.07, 6.45) is 10.9. The average molecular weight is 554 g/mol. The van der Waals surface area contributed by atoms with E-state index in [0.717, 1.165) is 74.4 Å². The summed E-state index contributed by atoms with van der Waals surface area (Å²) < 4.78 is 11.4. The number of carbonyl (C=O) groups is 1. The molecule has 0 saturated carbocycles. The smallest absolute Gasteiger partial charge is 0.321 e. The number of ether oxygens (including phenoxy) is 2. The molecular weight excluding hydrogens is 510 g/mol. The zero-order valence-corrected chi connectivity index (χ0v) is 24.0. The number of benzene rings is 2. The summed E-state index contributed by atoms with van der Waals surface area (Å²) in [6, 6.07) is 17.1. The van der Waals surface area contributed by atoms with Gasteiger partial charge >= 0.3 is 6.03 Å². The van der Waals surface area contributed by atoms with Crippen LogP contribution in [0.5, 0.6) is 5.75 Å². The summed E-state index contributed by atoms with van der Waals surface area (Å²) in [5, 5.41) is 7.44. The van der Waals surface area contributed by atoms with Crippen LogP contribution in [0.15, 0.2) is 48.5 Å². The van der Waals surface area contributed by atoms with Crippen LogP contribution in [0.4, 0.5) is 10.5 Å². The molecule has 0 radical (unpaired) electrons. The number of nitrogens with one attached hydrogen (secondary N) is 2. The summed E-state index contributed by atoms with van der Waals surface area (Å²) in [5.74, 6) is 2.33. The van der Waals surface area contributed by atoms with Crippen molar-refractivity contribution < 1.29 is 14.3 Å². The van der Waals surface area contributed by atoms with E-state index >= 15 is 0 Å². The van der Waals surface area contributed by atoms with Gasteiger partial charge in [0.2, 0.25) is 0 Å². The summed E-state index contributed by atoms with van der Waals surface area (Å²) in [7, 11) is 0. The highest BCUT2D eigenvalue weighted by Crippen LogP contribution is 2.31. The number of amides is 2. The third-order valence-electron chi connectivity index (χ3n) is 8.88. The summed E-state index contributed by atoms with van der Waals surface area (Å²) >= 11 is 5.99. The minimum Gasteiger partial charge on any atom is -0.490 e. The molecule has 0 spiro atoms. The first kappa shape index (κ1) is 28.3. The monoisotopic (exact) mass is 553 g/mol. The Morgan fingerprint density at radius 3 is 2.18 bits per heavy atom. The Hall–Kier alpha value is -2.28. The summed E-state index contributed by atoms with van der Waals surface area (Å²) in [4.78, 5) is 14.6. The standard InChI is InChI=1S/C25H30ClN3O2.C7H14O/c26-19-3-1-17(2-4-19)18-11-13-29(14-12-18)25(30)28-20-7-9-23(10-8-20)31-24-15-21-5-6-22(16-24)27-21;1-2-7-3-5-8-6-4-7/h1-4,7-10,18,21-22,24,27H,5-6,11-16H2,(H,28,30);7H,2-6H2,1H3/t21-,22+,24?;. The number of rotatable bonds is 5. The van der Waals surface area contributed by atoms with Gasteiger partial charge in [-0.15, -0.1) is 0 Å². The highest BCUT2D eigenvalue weighted by Gasteiger charge is 2.34. The van der Waals surface area contributed by atoms with E-state index in [9.17, 15) is 4.79 Å². The number of fused-ring (bicyclic) bond motifs is 2.